The fourth-order valence-electron chi connectivity index (χ4n) is 12.8. The summed E-state index contributed by atoms with van der Waals surface area (Å²) < 4.78 is 12.8. The van der Waals surface area contributed by atoms with Crippen molar-refractivity contribution in [3.63, 3.8) is 0 Å². The fraction of sp³-hybridized carbons (Fsp3) is 0.971. The van der Waals surface area contributed by atoms with Gasteiger partial charge in [0, 0.05) is 11.3 Å². The van der Waals surface area contributed by atoms with Crippen molar-refractivity contribution >= 4 is 5.97 Å². The van der Waals surface area contributed by atoms with Gasteiger partial charge in [0.15, 0.2) is 0 Å². The number of aliphatic hydroxyl groups excluding tert-OH is 2. The van der Waals surface area contributed by atoms with Crippen molar-refractivity contribution in [2.75, 3.05) is 0 Å². The summed E-state index contributed by atoms with van der Waals surface area (Å²) in [6.45, 7) is 18.9. The van der Waals surface area contributed by atoms with E-state index < -0.39 is 29.5 Å². The van der Waals surface area contributed by atoms with Crippen LogP contribution in [0.1, 0.15) is 120 Å². The van der Waals surface area contributed by atoms with Crippen LogP contribution in [-0.4, -0.2) is 62.9 Å². The molecule has 0 aromatic heterocycles. The van der Waals surface area contributed by atoms with Gasteiger partial charge in [0.05, 0.1) is 29.5 Å². The van der Waals surface area contributed by atoms with Crippen LogP contribution < -0.4 is 5.73 Å². The minimum absolute atomic E-state index is 0.0129. The summed E-state index contributed by atoms with van der Waals surface area (Å²) in [6, 6.07) is -0.633. The predicted octanol–water partition coefficient (Wildman–Crippen LogP) is 4.97. The first-order chi connectivity index (χ1) is 19.2. The topological polar surface area (TPSA) is 122 Å². The minimum atomic E-state index is -0.912. The van der Waals surface area contributed by atoms with Crippen molar-refractivity contribution in [1.82, 2.24) is 0 Å². The Morgan fingerprint density at radius 2 is 1.60 bits per heavy atom. The Balaban J connectivity index is 1.29. The van der Waals surface area contributed by atoms with Gasteiger partial charge in [0.25, 0.3) is 0 Å². The Morgan fingerprint density at radius 3 is 2.19 bits per heavy atom. The highest BCUT2D eigenvalue weighted by Gasteiger charge is 2.85. The molecule has 13 atom stereocenters. The molecular formula is C35H59NO6. The van der Waals surface area contributed by atoms with E-state index in [2.05, 4.69) is 34.6 Å². The highest BCUT2D eigenvalue weighted by molar-refractivity contribution is 5.76. The van der Waals surface area contributed by atoms with Crippen LogP contribution >= 0.6 is 0 Å². The maximum atomic E-state index is 12.9. The van der Waals surface area contributed by atoms with Gasteiger partial charge in [-0.3, -0.25) is 4.79 Å². The van der Waals surface area contributed by atoms with Crippen LogP contribution in [0.3, 0.4) is 0 Å². The molecule has 7 heteroatoms. The zero-order chi connectivity index (χ0) is 31.1. The van der Waals surface area contributed by atoms with Gasteiger partial charge in [-0.15, -0.1) is 0 Å². The molecule has 5 aliphatic carbocycles. The molecule has 5 saturated carbocycles. The van der Waals surface area contributed by atoms with Gasteiger partial charge < -0.3 is 30.5 Å². The van der Waals surface area contributed by atoms with E-state index in [4.69, 9.17) is 15.2 Å². The van der Waals surface area contributed by atoms with Crippen LogP contribution in [0.4, 0.5) is 0 Å². The normalized spacial score (nSPS) is 53.5. The van der Waals surface area contributed by atoms with E-state index in [1.807, 2.05) is 27.7 Å². The zero-order valence-corrected chi connectivity index (χ0v) is 27.7. The van der Waals surface area contributed by atoms with E-state index in [-0.39, 0.29) is 63.0 Å². The lowest BCUT2D eigenvalue weighted by Crippen LogP contribution is -2.62. The third kappa shape index (κ3) is 3.85. The molecule has 6 rings (SSSR count). The van der Waals surface area contributed by atoms with Crippen molar-refractivity contribution in [3.05, 3.63) is 0 Å². The predicted molar refractivity (Wildman–Crippen MR) is 161 cm³/mol. The molecule has 6 fully saturated rings. The lowest BCUT2D eigenvalue weighted by atomic mass is 9.41. The number of nitrogens with two attached hydrogens (primary N) is 1. The molecule has 0 bridgehead atoms. The quantitative estimate of drug-likeness (QED) is 0.334. The summed E-state index contributed by atoms with van der Waals surface area (Å²) in [5.74, 6) is 0.0783. The molecule has 7 nitrogen and oxygen atoms in total. The minimum Gasteiger partial charge on any atom is -0.461 e. The Hall–Kier alpha value is -0.730. The van der Waals surface area contributed by atoms with Gasteiger partial charge in [-0.2, -0.15) is 0 Å². The van der Waals surface area contributed by atoms with Crippen LogP contribution in [0, 0.1) is 50.7 Å². The number of carbonyl (C=O) groups excluding carboxylic acids is 1. The molecule has 0 aromatic rings. The Bertz CT molecular complexity index is 1120. The second-order valence-electron chi connectivity index (χ2n) is 18.1. The molecule has 1 heterocycles. The van der Waals surface area contributed by atoms with E-state index in [9.17, 15) is 20.1 Å². The first-order valence-electron chi connectivity index (χ1n) is 16.9. The van der Waals surface area contributed by atoms with Crippen molar-refractivity contribution in [1.29, 1.82) is 0 Å². The van der Waals surface area contributed by atoms with Gasteiger partial charge in [-0.1, -0.05) is 41.5 Å². The first-order valence-corrected chi connectivity index (χ1v) is 16.9. The molecule has 240 valence electrons. The number of hydrogen-bond donors (Lipinski definition) is 4. The SMILES string of the molecule is CC(C)[C@H](N)C(=O)O[C@H]1CC[C@]23CC24CC[C@]2(C)[C@@H]([C@@]5(C)CC[C@@H](C(C)(C)O)O5)[C@@H](O)C[C@@]2(C)C4C[C@H](O)[C@H]3C1(C)C. The number of fused-ring (bicyclic) bond motifs is 2. The number of esters is 1. The van der Waals surface area contributed by atoms with Crippen LogP contribution in [0.25, 0.3) is 0 Å². The third-order valence-corrected chi connectivity index (χ3v) is 15.0. The van der Waals surface area contributed by atoms with Crippen molar-refractivity contribution in [2.24, 2.45) is 56.5 Å². The molecule has 1 aliphatic heterocycles. The Kier molecular flexibility index (Phi) is 6.83. The van der Waals surface area contributed by atoms with E-state index in [0.717, 1.165) is 57.8 Å². The molecule has 0 radical (unpaired) electrons. The van der Waals surface area contributed by atoms with E-state index >= 15 is 0 Å². The Morgan fingerprint density at radius 1 is 0.929 bits per heavy atom. The Labute approximate surface area is 253 Å². The molecule has 2 spiro atoms. The highest BCUT2D eigenvalue weighted by atomic mass is 16.5. The number of rotatable bonds is 5. The standard InChI is InChI=1S/C35H59NO6/c1-19(2)25(36)28(39)41-23-11-13-35-18-34(35)15-14-31(7)27(33(9)12-10-24(42-33)30(5,6)40)21(38)17-32(31,8)22(34)16-20(37)26(35)29(23,3)4/h19-27,37-38,40H,10-18,36H2,1-9H3/t20-,21-,22?,23-,24-,25-,26-,27-,31+,32-,33+,34?,35+/m0/s1. The second kappa shape index (κ2) is 9.18. The van der Waals surface area contributed by atoms with Gasteiger partial charge in [0.2, 0.25) is 0 Å². The van der Waals surface area contributed by atoms with Crippen LogP contribution in [0.5, 0.6) is 0 Å². The van der Waals surface area contributed by atoms with E-state index in [1.54, 1.807) is 0 Å². The zero-order valence-electron chi connectivity index (χ0n) is 27.7. The summed E-state index contributed by atoms with van der Waals surface area (Å²) in [6.07, 6.45) is 6.74. The van der Waals surface area contributed by atoms with Crippen molar-refractivity contribution in [2.45, 2.75) is 162 Å². The third-order valence-electron chi connectivity index (χ3n) is 15.0. The summed E-state index contributed by atoms with van der Waals surface area (Å²) in [5, 5.41) is 34.7. The van der Waals surface area contributed by atoms with E-state index in [0.29, 0.717) is 5.92 Å². The maximum Gasteiger partial charge on any atom is 0.323 e. The lowest BCUT2D eigenvalue weighted by Gasteiger charge is -2.64. The summed E-state index contributed by atoms with van der Waals surface area (Å²) >= 11 is 0. The fourth-order valence-corrected chi connectivity index (χ4v) is 12.8. The average molecular weight is 590 g/mol. The summed E-state index contributed by atoms with van der Waals surface area (Å²) in [4.78, 5) is 12.9. The molecule has 1 saturated heterocycles. The van der Waals surface area contributed by atoms with Gasteiger partial charge in [0.1, 0.15) is 12.1 Å². The summed E-state index contributed by atoms with van der Waals surface area (Å²) in [5.41, 5.74) is 4.37. The molecule has 5 N–H and O–H groups in total. The average Bonchev–Trinajstić information content (AvgIpc) is 3.22. The molecular weight excluding hydrogens is 530 g/mol. The van der Waals surface area contributed by atoms with Gasteiger partial charge >= 0.3 is 5.97 Å². The molecule has 0 aromatic carbocycles. The van der Waals surface area contributed by atoms with Crippen LogP contribution in [-0.2, 0) is 14.3 Å². The monoisotopic (exact) mass is 589 g/mol. The molecule has 42 heavy (non-hydrogen) atoms. The maximum absolute atomic E-state index is 12.9. The summed E-state index contributed by atoms with van der Waals surface area (Å²) in [7, 11) is 0. The number of ether oxygens (including phenoxy) is 2. The number of hydrogen-bond acceptors (Lipinski definition) is 7. The number of aliphatic hydroxyl groups is 3. The number of carbonyl (C=O) groups is 1. The largest absolute Gasteiger partial charge is 0.461 e. The van der Waals surface area contributed by atoms with Crippen LogP contribution in [0.2, 0.25) is 0 Å². The van der Waals surface area contributed by atoms with Crippen LogP contribution in [0.15, 0.2) is 0 Å². The first kappa shape index (κ1) is 31.3. The van der Waals surface area contributed by atoms with Crippen molar-refractivity contribution < 1.29 is 29.6 Å². The lowest BCUT2D eigenvalue weighted by molar-refractivity contribution is -0.218. The molecule has 6 aliphatic rings. The highest BCUT2D eigenvalue weighted by Crippen LogP contribution is 2.89. The van der Waals surface area contributed by atoms with Gasteiger partial charge in [-0.05, 0) is 118 Å². The second-order valence-corrected chi connectivity index (χ2v) is 18.1. The van der Waals surface area contributed by atoms with E-state index in [1.165, 1.54) is 0 Å². The van der Waals surface area contributed by atoms with Gasteiger partial charge in [-0.25, -0.2) is 0 Å². The molecule has 2 unspecified atom stereocenters. The van der Waals surface area contributed by atoms with Crippen molar-refractivity contribution in [3.8, 4) is 0 Å². The smallest absolute Gasteiger partial charge is 0.323 e. The molecule has 0 amide bonds.